The maximum absolute atomic E-state index is 6.54. The molecule has 0 saturated carbocycles. The summed E-state index contributed by atoms with van der Waals surface area (Å²) in [5, 5.41) is 2.97. The number of rotatable bonds is 7. The van der Waals surface area contributed by atoms with Crippen molar-refractivity contribution < 1.29 is 8.83 Å². The molecule has 0 radical (unpaired) electrons. The molecule has 12 rings (SSSR count). The molecule has 1 unspecified atom stereocenters. The van der Waals surface area contributed by atoms with Crippen LogP contribution in [0.5, 0.6) is 0 Å². The van der Waals surface area contributed by atoms with E-state index in [0.29, 0.717) is 34.9 Å². The molecule has 62 heavy (non-hydrogen) atoms. The first-order valence-electron chi connectivity index (χ1n) is 20.6. The summed E-state index contributed by atoms with van der Waals surface area (Å²) in [4.78, 5) is 30.2. The summed E-state index contributed by atoms with van der Waals surface area (Å²) in [5.41, 5.74) is 10.1. The van der Waals surface area contributed by atoms with E-state index in [-0.39, 0.29) is 5.92 Å². The van der Waals surface area contributed by atoms with E-state index in [9.17, 15) is 0 Å². The second-order valence-electron chi connectivity index (χ2n) is 15.4. The van der Waals surface area contributed by atoms with Crippen molar-refractivity contribution in [1.82, 2.24) is 29.9 Å². The first kappa shape index (κ1) is 35.6. The molecule has 8 nitrogen and oxygen atoms in total. The third-order valence-corrected chi connectivity index (χ3v) is 11.6. The van der Waals surface area contributed by atoms with Gasteiger partial charge in [-0.25, -0.2) is 29.9 Å². The van der Waals surface area contributed by atoms with Crippen molar-refractivity contribution in [2.75, 3.05) is 0 Å². The summed E-state index contributed by atoms with van der Waals surface area (Å²) in [6.45, 7) is 0. The predicted octanol–water partition coefficient (Wildman–Crippen LogP) is 13.1. The fourth-order valence-corrected chi connectivity index (χ4v) is 8.59. The Morgan fingerprint density at radius 1 is 0.387 bits per heavy atom. The molecule has 0 bridgehead atoms. The lowest BCUT2D eigenvalue weighted by Crippen LogP contribution is -2.05. The number of fused-ring (bicyclic) bond motifs is 6. The Morgan fingerprint density at radius 3 is 1.34 bits per heavy atom. The average molecular weight is 799 g/mol. The Bertz CT molecular complexity index is 3380. The first-order chi connectivity index (χ1) is 30.7. The van der Waals surface area contributed by atoms with E-state index in [0.717, 1.165) is 89.6 Å². The molecule has 0 amide bonds. The lowest BCUT2D eigenvalue weighted by Gasteiger charge is -2.18. The summed E-state index contributed by atoms with van der Waals surface area (Å²) >= 11 is 0. The maximum Gasteiger partial charge on any atom is 0.164 e. The second kappa shape index (κ2) is 14.7. The molecule has 0 fully saturated rings. The van der Waals surface area contributed by atoms with Crippen LogP contribution in [-0.4, -0.2) is 29.9 Å². The van der Waals surface area contributed by atoms with Crippen molar-refractivity contribution in [2.45, 2.75) is 12.3 Å². The van der Waals surface area contributed by atoms with E-state index in [2.05, 4.69) is 42.5 Å². The number of furan rings is 2. The third-order valence-electron chi connectivity index (χ3n) is 11.6. The van der Waals surface area contributed by atoms with Crippen LogP contribution < -0.4 is 0 Å². The van der Waals surface area contributed by atoms with Gasteiger partial charge in [-0.15, -0.1) is 0 Å². The summed E-state index contributed by atoms with van der Waals surface area (Å²) in [6.07, 6.45) is 5.07. The van der Waals surface area contributed by atoms with Gasteiger partial charge in [0.1, 0.15) is 22.5 Å². The van der Waals surface area contributed by atoms with Gasteiger partial charge < -0.3 is 8.83 Å². The summed E-state index contributed by atoms with van der Waals surface area (Å²) in [5.74, 6) is 4.54. The van der Waals surface area contributed by atoms with E-state index >= 15 is 0 Å². The molecule has 7 aromatic carbocycles. The molecule has 0 aliphatic heterocycles. The van der Waals surface area contributed by atoms with Crippen LogP contribution in [-0.2, 0) is 6.42 Å². The van der Waals surface area contributed by atoms with Gasteiger partial charge in [0.2, 0.25) is 0 Å². The van der Waals surface area contributed by atoms with Crippen molar-refractivity contribution in [3.05, 3.63) is 199 Å². The zero-order valence-corrected chi connectivity index (χ0v) is 33.2. The molecule has 11 aromatic rings. The summed E-state index contributed by atoms with van der Waals surface area (Å²) < 4.78 is 13.1. The lowest BCUT2D eigenvalue weighted by atomic mass is 9.85. The van der Waals surface area contributed by atoms with Crippen LogP contribution in [0.4, 0.5) is 0 Å². The quantitative estimate of drug-likeness (QED) is 0.157. The molecule has 0 spiro atoms. The highest BCUT2D eigenvalue weighted by molar-refractivity contribution is 6.12. The Kier molecular flexibility index (Phi) is 8.45. The van der Waals surface area contributed by atoms with Crippen molar-refractivity contribution in [3.63, 3.8) is 0 Å². The minimum absolute atomic E-state index is 0.0579. The maximum atomic E-state index is 6.54. The van der Waals surface area contributed by atoms with E-state index in [1.54, 1.807) is 0 Å². The Labute approximate surface area is 356 Å². The van der Waals surface area contributed by atoms with Crippen molar-refractivity contribution in [1.29, 1.82) is 0 Å². The SMILES string of the molecule is C1=CC(c2ccc3oc4cccc(-c5nc(-c6ccccc6)nc(-c6ccccc6)n5)c4c3c2)Cc2c1oc1cccc(-c3nc(-c4ccccc4)nc(-c4ccccc4)n3)c21. The number of aromatic nitrogens is 6. The normalized spacial score (nSPS) is 13.5. The molecular formula is C54H34N6O2. The summed E-state index contributed by atoms with van der Waals surface area (Å²) in [6, 6.07) is 58.9. The van der Waals surface area contributed by atoms with Gasteiger partial charge in [0.25, 0.3) is 0 Å². The van der Waals surface area contributed by atoms with Gasteiger partial charge in [-0.3, -0.25) is 0 Å². The highest BCUT2D eigenvalue weighted by Crippen LogP contribution is 2.43. The van der Waals surface area contributed by atoms with Gasteiger partial charge >= 0.3 is 0 Å². The van der Waals surface area contributed by atoms with Crippen LogP contribution in [0.25, 0.3) is 107 Å². The lowest BCUT2D eigenvalue weighted by molar-refractivity contribution is 0.591. The van der Waals surface area contributed by atoms with Gasteiger partial charge in [0.15, 0.2) is 34.9 Å². The van der Waals surface area contributed by atoms with Crippen LogP contribution in [0.15, 0.2) is 191 Å². The van der Waals surface area contributed by atoms with Crippen LogP contribution >= 0.6 is 0 Å². The number of hydrogen-bond acceptors (Lipinski definition) is 8. The number of allylic oxidation sites excluding steroid dienone is 1. The average Bonchev–Trinajstić information content (AvgIpc) is 3.93. The van der Waals surface area contributed by atoms with E-state index in [1.807, 2.05) is 146 Å². The molecule has 0 N–H and O–H groups in total. The van der Waals surface area contributed by atoms with Gasteiger partial charge in [0, 0.05) is 61.0 Å². The zero-order chi connectivity index (χ0) is 41.0. The molecule has 292 valence electrons. The zero-order valence-electron chi connectivity index (χ0n) is 33.2. The second-order valence-corrected chi connectivity index (χ2v) is 15.4. The fraction of sp³-hybridized carbons (Fsp3) is 0.0370. The Hall–Kier alpha value is -8.36. The number of nitrogens with zero attached hydrogens (tertiary/aromatic N) is 6. The van der Waals surface area contributed by atoms with Gasteiger partial charge in [-0.1, -0.05) is 158 Å². The number of hydrogen-bond donors (Lipinski definition) is 0. The molecule has 1 atom stereocenters. The predicted molar refractivity (Wildman–Crippen MR) is 245 cm³/mol. The van der Waals surface area contributed by atoms with Gasteiger partial charge in [0.05, 0.1) is 0 Å². The largest absolute Gasteiger partial charge is 0.456 e. The topological polar surface area (TPSA) is 104 Å². The molecule has 4 aromatic heterocycles. The van der Waals surface area contributed by atoms with E-state index in [1.165, 1.54) is 0 Å². The molecule has 0 saturated heterocycles. The van der Waals surface area contributed by atoms with E-state index < -0.39 is 0 Å². The van der Waals surface area contributed by atoms with Crippen LogP contribution in [0.1, 0.15) is 22.8 Å². The Morgan fingerprint density at radius 2 is 0.839 bits per heavy atom. The van der Waals surface area contributed by atoms with Gasteiger partial charge in [-0.05, 0) is 42.3 Å². The van der Waals surface area contributed by atoms with Crippen molar-refractivity contribution in [2.24, 2.45) is 0 Å². The highest BCUT2D eigenvalue weighted by atomic mass is 16.3. The molecule has 1 aliphatic rings. The van der Waals surface area contributed by atoms with Crippen LogP contribution in [0, 0.1) is 0 Å². The molecular weight excluding hydrogens is 765 g/mol. The molecule has 8 heteroatoms. The molecule has 1 aliphatic carbocycles. The fourth-order valence-electron chi connectivity index (χ4n) is 8.59. The monoisotopic (exact) mass is 798 g/mol. The highest BCUT2D eigenvalue weighted by Gasteiger charge is 2.26. The molecule has 4 heterocycles. The summed E-state index contributed by atoms with van der Waals surface area (Å²) in [7, 11) is 0. The van der Waals surface area contributed by atoms with Crippen molar-refractivity contribution in [3.8, 4) is 68.3 Å². The smallest absolute Gasteiger partial charge is 0.164 e. The minimum Gasteiger partial charge on any atom is -0.456 e. The Balaban J connectivity index is 0.966. The minimum atomic E-state index is 0.0579. The van der Waals surface area contributed by atoms with Crippen LogP contribution in [0.2, 0.25) is 0 Å². The van der Waals surface area contributed by atoms with Gasteiger partial charge in [-0.2, -0.15) is 0 Å². The van der Waals surface area contributed by atoms with E-state index in [4.69, 9.17) is 38.7 Å². The first-order valence-corrected chi connectivity index (χ1v) is 20.6. The third kappa shape index (κ3) is 6.24. The number of benzene rings is 7. The standard InChI is InChI=1S/C54H34N6O2/c1-5-15-33(16-6-1)49-55-50(34-17-7-2-8-18-34)58-53(57-49)39-23-13-25-45-47(39)41-31-37(27-29-43(41)61-45)38-28-30-44-42(32-38)48-40(24-14-26-46(48)62-44)54-59-51(35-19-9-3-10-20-35)56-52(60-54)36-21-11-4-12-22-36/h1-31,38H,32H2. The van der Waals surface area contributed by atoms with Crippen molar-refractivity contribution >= 4 is 39.0 Å². The van der Waals surface area contributed by atoms with Crippen LogP contribution in [0.3, 0.4) is 0 Å².